The molecule has 1 heterocycles. The Kier molecular flexibility index (Phi) is 7.67. The molecule has 3 N–H and O–H groups in total. The predicted molar refractivity (Wildman–Crippen MR) is 121 cm³/mol. The molecule has 0 amide bonds. The zero-order valence-corrected chi connectivity index (χ0v) is 18.8. The fourth-order valence-corrected chi connectivity index (χ4v) is 4.12. The number of furan rings is 1. The maximum Gasteiger partial charge on any atom is 0.240 e. The summed E-state index contributed by atoms with van der Waals surface area (Å²) in [7, 11) is -0.316. The van der Waals surface area contributed by atoms with Gasteiger partial charge in [-0.1, -0.05) is 30.3 Å². The number of aryl methyl sites for hydroxylation is 1. The summed E-state index contributed by atoms with van der Waals surface area (Å²) in [4.78, 5) is 4.45. The lowest BCUT2D eigenvalue weighted by Gasteiger charge is -2.12. The number of hydrogen-bond acceptors (Lipinski definition) is 5. The number of guanidine groups is 1. The quantitative estimate of drug-likeness (QED) is 0.266. The van der Waals surface area contributed by atoms with Gasteiger partial charge in [0.25, 0.3) is 0 Å². The minimum atomic E-state index is -3.54. The van der Waals surface area contributed by atoms with Gasteiger partial charge in [-0.2, -0.15) is 0 Å². The summed E-state index contributed by atoms with van der Waals surface area (Å²) >= 11 is 0. The van der Waals surface area contributed by atoms with Gasteiger partial charge in [0.15, 0.2) is 5.96 Å². The maximum absolute atomic E-state index is 12.2. The number of nitrogens with zero attached hydrogens (tertiary/aromatic N) is 1. The lowest BCUT2D eigenvalue weighted by atomic mass is 10.1. The number of fused-ring (bicyclic) bond motifs is 1. The second-order valence-corrected chi connectivity index (χ2v) is 8.73. The van der Waals surface area contributed by atoms with E-state index in [9.17, 15) is 8.42 Å². The number of methoxy groups -OCH3 is 1. The molecule has 0 aliphatic rings. The normalized spacial score (nSPS) is 12.3. The van der Waals surface area contributed by atoms with Crippen molar-refractivity contribution >= 4 is 27.0 Å². The summed E-state index contributed by atoms with van der Waals surface area (Å²) in [5, 5.41) is 7.58. The average Bonchev–Trinajstić information content (AvgIpc) is 3.10. The molecule has 0 spiro atoms. The van der Waals surface area contributed by atoms with Gasteiger partial charge in [0.05, 0.1) is 18.0 Å². The van der Waals surface area contributed by atoms with Crippen molar-refractivity contribution in [1.82, 2.24) is 15.4 Å². The van der Waals surface area contributed by atoms with Gasteiger partial charge >= 0.3 is 0 Å². The first-order chi connectivity index (χ1) is 14.9. The van der Waals surface area contributed by atoms with Gasteiger partial charge in [0.1, 0.15) is 11.3 Å². The van der Waals surface area contributed by atoms with Crippen molar-refractivity contribution in [2.45, 2.75) is 24.9 Å². The van der Waals surface area contributed by atoms with Crippen molar-refractivity contribution in [1.29, 1.82) is 0 Å². The van der Waals surface area contributed by atoms with Crippen LogP contribution >= 0.6 is 0 Å². The Balaban J connectivity index is 1.55. The molecule has 0 saturated heterocycles. The lowest BCUT2D eigenvalue weighted by molar-refractivity contribution is 0.204. The summed E-state index contributed by atoms with van der Waals surface area (Å²) in [6.07, 6.45) is 0. The second-order valence-electron chi connectivity index (χ2n) is 6.96. The van der Waals surface area contributed by atoms with Crippen molar-refractivity contribution in [2.24, 2.45) is 4.99 Å². The monoisotopic (exact) mass is 444 g/mol. The minimum Gasteiger partial charge on any atom is -0.459 e. The minimum absolute atomic E-state index is 0.218. The van der Waals surface area contributed by atoms with Gasteiger partial charge in [0, 0.05) is 38.2 Å². The van der Waals surface area contributed by atoms with Crippen molar-refractivity contribution in [3.8, 4) is 0 Å². The average molecular weight is 445 g/mol. The van der Waals surface area contributed by atoms with Crippen LogP contribution in [0.3, 0.4) is 0 Å². The number of aliphatic imine (C=N–C) groups is 1. The van der Waals surface area contributed by atoms with Gasteiger partial charge in [-0.05, 0) is 30.7 Å². The fourth-order valence-electron chi connectivity index (χ4n) is 3.11. The number of para-hydroxylation sites is 1. The van der Waals surface area contributed by atoms with E-state index < -0.39 is 10.0 Å². The molecule has 0 unspecified atom stereocenters. The highest BCUT2D eigenvalue weighted by molar-refractivity contribution is 7.89. The molecule has 1 aromatic heterocycles. The van der Waals surface area contributed by atoms with Crippen LogP contribution in [0.25, 0.3) is 11.0 Å². The summed E-state index contributed by atoms with van der Waals surface area (Å²) < 4.78 is 37.7. The SMILES string of the molecule is CN=C(NCc1ccc(S(=O)(=O)NCCOC)cc1)NCc1oc2ccccc2c1C. The molecule has 0 atom stereocenters. The van der Waals surface area contributed by atoms with Gasteiger partial charge in [-0.25, -0.2) is 13.1 Å². The summed E-state index contributed by atoms with van der Waals surface area (Å²) in [5.41, 5.74) is 2.90. The Hall–Kier alpha value is -2.88. The van der Waals surface area contributed by atoms with Gasteiger partial charge < -0.3 is 19.8 Å². The molecule has 0 aliphatic heterocycles. The number of benzene rings is 2. The highest BCUT2D eigenvalue weighted by Crippen LogP contribution is 2.24. The number of sulfonamides is 1. The van der Waals surface area contributed by atoms with Crippen LogP contribution in [0.15, 0.2) is 62.8 Å². The van der Waals surface area contributed by atoms with Gasteiger partial charge in [-0.3, -0.25) is 4.99 Å². The first kappa shape index (κ1) is 22.8. The van der Waals surface area contributed by atoms with E-state index in [2.05, 4.69) is 20.3 Å². The largest absolute Gasteiger partial charge is 0.459 e. The van der Waals surface area contributed by atoms with Crippen molar-refractivity contribution in [3.63, 3.8) is 0 Å². The van der Waals surface area contributed by atoms with E-state index in [0.717, 1.165) is 27.9 Å². The van der Waals surface area contributed by atoms with E-state index in [4.69, 9.17) is 9.15 Å². The van der Waals surface area contributed by atoms with Crippen LogP contribution in [0.5, 0.6) is 0 Å². The molecule has 0 aliphatic carbocycles. The van der Waals surface area contributed by atoms with Crippen LogP contribution < -0.4 is 15.4 Å². The van der Waals surface area contributed by atoms with E-state index >= 15 is 0 Å². The van der Waals surface area contributed by atoms with Gasteiger partial charge in [0.2, 0.25) is 10.0 Å². The standard InChI is InChI=1S/C22H28N4O4S/c1-16-19-6-4-5-7-20(19)30-21(16)15-25-22(23-2)24-14-17-8-10-18(11-9-17)31(27,28)26-12-13-29-3/h4-11,26H,12-15H2,1-3H3,(H2,23,24,25). The molecular weight excluding hydrogens is 416 g/mol. The number of ether oxygens (including phenoxy) is 1. The molecule has 0 bridgehead atoms. The van der Waals surface area contributed by atoms with Crippen molar-refractivity contribution in [3.05, 3.63) is 65.4 Å². The van der Waals surface area contributed by atoms with Crippen LogP contribution in [0.2, 0.25) is 0 Å². The molecule has 0 fully saturated rings. The Morgan fingerprint density at radius 3 is 2.45 bits per heavy atom. The number of rotatable bonds is 9. The zero-order valence-electron chi connectivity index (χ0n) is 17.9. The summed E-state index contributed by atoms with van der Waals surface area (Å²) in [6.45, 7) is 3.59. The topological polar surface area (TPSA) is 105 Å². The Labute approximate surface area is 182 Å². The van der Waals surface area contributed by atoms with E-state index in [0.29, 0.717) is 25.7 Å². The summed E-state index contributed by atoms with van der Waals surface area (Å²) in [5.74, 6) is 1.48. The predicted octanol–water partition coefficient (Wildman–Crippen LogP) is 2.53. The smallest absolute Gasteiger partial charge is 0.240 e. The van der Waals surface area contributed by atoms with Crippen LogP contribution in [0, 0.1) is 6.92 Å². The first-order valence-corrected chi connectivity index (χ1v) is 11.4. The molecule has 166 valence electrons. The van der Waals surface area contributed by atoms with Gasteiger partial charge in [-0.15, -0.1) is 0 Å². The molecular formula is C22H28N4O4S. The summed E-state index contributed by atoms with van der Waals surface area (Å²) in [6, 6.07) is 14.7. The van der Waals surface area contributed by atoms with Crippen molar-refractivity contribution in [2.75, 3.05) is 27.3 Å². The Morgan fingerprint density at radius 1 is 1.06 bits per heavy atom. The molecule has 9 heteroatoms. The Morgan fingerprint density at radius 2 is 1.77 bits per heavy atom. The molecule has 8 nitrogen and oxygen atoms in total. The molecule has 2 aromatic carbocycles. The third-order valence-corrected chi connectivity index (χ3v) is 6.35. The maximum atomic E-state index is 12.2. The first-order valence-electron chi connectivity index (χ1n) is 9.93. The Bertz CT molecular complexity index is 1140. The fraction of sp³-hybridized carbons (Fsp3) is 0.318. The van der Waals surface area contributed by atoms with E-state index in [1.807, 2.05) is 31.2 Å². The molecule has 0 radical (unpaired) electrons. The van der Waals surface area contributed by atoms with Crippen LogP contribution in [-0.2, 0) is 27.8 Å². The highest BCUT2D eigenvalue weighted by Gasteiger charge is 2.13. The highest BCUT2D eigenvalue weighted by atomic mass is 32.2. The van der Waals surface area contributed by atoms with Crippen LogP contribution in [0.1, 0.15) is 16.9 Å². The van der Waals surface area contributed by atoms with Crippen molar-refractivity contribution < 1.29 is 17.6 Å². The second kappa shape index (κ2) is 10.4. The molecule has 31 heavy (non-hydrogen) atoms. The van der Waals surface area contributed by atoms with Crippen LogP contribution in [-0.4, -0.2) is 41.7 Å². The van der Waals surface area contributed by atoms with E-state index in [1.54, 1.807) is 31.3 Å². The lowest BCUT2D eigenvalue weighted by Crippen LogP contribution is -2.36. The molecule has 3 rings (SSSR count). The molecule has 3 aromatic rings. The van der Waals surface area contributed by atoms with E-state index in [-0.39, 0.29) is 11.4 Å². The zero-order chi connectivity index (χ0) is 22.3. The third kappa shape index (κ3) is 5.84. The van der Waals surface area contributed by atoms with E-state index in [1.165, 1.54) is 7.11 Å². The van der Waals surface area contributed by atoms with Crippen LogP contribution in [0.4, 0.5) is 0 Å². The molecule has 0 saturated carbocycles. The number of nitrogens with one attached hydrogen (secondary N) is 3. The third-order valence-electron chi connectivity index (χ3n) is 4.87. The number of hydrogen-bond donors (Lipinski definition) is 3.